The van der Waals surface area contributed by atoms with Gasteiger partial charge in [-0.3, -0.25) is 4.79 Å². The van der Waals surface area contributed by atoms with E-state index in [9.17, 15) is 40.5 Å². The van der Waals surface area contributed by atoms with Gasteiger partial charge in [0, 0.05) is 0 Å². The molecule has 1 saturated heterocycles. The van der Waals surface area contributed by atoms with E-state index in [2.05, 4.69) is 31.3 Å². The van der Waals surface area contributed by atoms with Crippen LogP contribution in [-0.4, -0.2) is 110 Å². The SMILES string of the molecule is CCCCCCCCCCCCCCCCCCCC/C=C\CCCCCCCCCCCCCCCCCCC(O)C(=O)NC(COC1OC(CO)C(O)C(O)C1O)C(O)C(O)CCCCCCCC. The number of carbonyl (C=O) groups excluding carboxylic acids is 1. The molecule has 11 heteroatoms. The van der Waals surface area contributed by atoms with Gasteiger partial charge in [-0.25, -0.2) is 0 Å². The zero-order valence-corrected chi connectivity index (χ0v) is 46.2. The Kier molecular flexibility index (Phi) is 47.5. The zero-order valence-electron chi connectivity index (χ0n) is 46.2. The van der Waals surface area contributed by atoms with Crippen molar-refractivity contribution in [3.63, 3.8) is 0 Å². The van der Waals surface area contributed by atoms with Gasteiger partial charge in [-0.2, -0.15) is 0 Å². The van der Waals surface area contributed by atoms with E-state index in [1.165, 1.54) is 205 Å². The van der Waals surface area contributed by atoms with E-state index in [0.717, 1.165) is 51.4 Å². The molecule has 11 nitrogen and oxygen atoms in total. The normalized spacial score (nSPS) is 20.2. The summed E-state index contributed by atoms with van der Waals surface area (Å²) in [7, 11) is 0. The van der Waals surface area contributed by atoms with Crippen molar-refractivity contribution >= 4 is 5.91 Å². The van der Waals surface area contributed by atoms with Gasteiger partial charge in [0.1, 0.15) is 36.6 Å². The summed E-state index contributed by atoms with van der Waals surface area (Å²) in [5.41, 5.74) is 0. The van der Waals surface area contributed by atoms with Gasteiger partial charge in [-0.05, 0) is 38.5 Å². The lowest BCUT2D eigenvalue weighted by Gasteiger charge is -2.40. The van der Waals surface area contributed by atoms with Crippen molar-refractivity contribution in [3.8, 4) is 0 Å². The lowest BCUT2D eigenvalue weighted by atomic mass is 9.98. The minimum Gasteiger partial charge on any atom is -0.394 e. The molecular weight excluding hydrogens is 895 g/mol. The van der Waals surface area contributed by atoms with Crippen molar-refractivity contribution < 1.29 is 50.0 Å². The number of ether oxygens (including phenoxy) is 2. The fourth-order valence-corrected chi connectivity index (χ4v) is 10.1. The molecule has 0 bridgehead atoms. The summed E-state index contributed by atoms with van der Waals surface area (Å²) < 4.78 is 11.1. The predicted molar refractivity (Wildman–Crippen MR) is 293 cm³/mol. The van der Waals surface area contributed by atoms with Crippen LogP contribution in [0.3, 0.4) is 0 Å². The highest BCUT2D eigenvalue weighted by molar-refractivity contribution is 5.80. The molecular formula is C60H117NO10. The van der Waals surface area contributed by atoms with E-state index in [-0.39, 0.29) is 6.42 Å². The summed E-state index contributed by atoms with van der Waals surface area (Å²) >= 11 is 0. The summed E-state index contributed by atoms with van der Waals surface area (Å²) in [6, 6.07) is -1.16. The number of carbonyl (C=O) groups is 1. The molecule has 1 rings (SSSR count). The van der Waals surface area contributed by atoms with Gasteiger partial charge >= 0.3 is 0 Å². The first-order chi connectivity index (χ1) is 34.7. The molecule has 422 valence electrons. The Labute approximate surface area is 436 Å². The van der Waals surface area contributed by atoms with Crippen LogP contribution in [0.4, 0.5) is 0 Å². The van der Waals surface area contributed by atoms with Crippen molar-refractivity contribution in [2.45, 2.75) is 351 Å². The summed E-state index contributed by atoms with van der Waals surface area (Å²) in [5, 5.41) is 75.5. The van der Waals surface area contributed by atoms with Gasteiger partial charge in [0.05, 0.1) is 25.4 Å². The maximum atomic E-state index is 13.1. The standard InChI is InChI=1S/C60H117NO10/c1-3-5-7-9-11-12-13-14-15-16-17-18-19-20-21-22-23-24-25-26-27-28-29-30-31-32-33-34-35-36-37-38-39-40-41-42-44-46-48-53(64)59(69)61-51(55(65)52(63)47-45-43-10-8-6-4-2)50-70-60-58(68)57(67)56(66)54(49-62)71-60/h26-27,51-58,60,62-68H,3-25,28-50H2,1-2H3,(H,61,69)/b27-26-. The van der Waals surface area contributed by atoms with Crippen LogP contribution in [-0.2, 0) is 14.3 Å². The molecule has 9 atom stereocenters. The Morgan fingerprint density at radius 1 is 0.479 bits per heavy atom. The molecule has 1 amide bonds. The molecule has 9 unspecified atom stereocenters. The summed E-state index contributed by atoms with van der Waals surface area (Å²) in [6.07, 6.45) is 48.0. The number of allylic oxidation sites excluding steroid dienone is 2. The van der Waals surface area contributed by atoms with Gasteiger partial charge in [0.15, 0.2) is 6.29 Å². The third kappa shape index (κ3) is 38.1. The molecule has 0 radical (unpaired) electrons. The molecule has 0 saturated carbocycles. The molecule has 0 spiro atoms. The van der Waals surface area contributed by atoms with Crippen LogP contribution in [0.15, 0.2) is 12.2 Å². The van der Waals surface area contributed by atoms with Crippen molar-refractivity contribution in [1.82, 2.24) is 5.32 Å². The number of rotatable bonds is 53. The van der Waals surface area contributed by atoms with Gasteiger partial charge in [0.25, 0.3) is 0 Å². The monoisotopic (exact) mass is 1010 g/mol. The Balaban J connectivity index is 2.02. The molecule has 0 aromatic heterocycles. The smallest absolute Gasteiger partial charge is 0.249 e. The highest BCUT2D eigenvalue weighted by Crippen LogP contribution is 2.24. The molecule has 71 heavy (non-hydrogen) atoms. The Morgan fingerprint density at radius 2 is 0.817 bits per heavy atom. The average molecular weight is 1010 g/mol. The number of nitrogens with one attached hydrogen (secondary N) is 1. The quantitative estimate of drug-likeness (QED) is 0.0215. The second-order valence-electron chi connectivity index (χ2n) is 21.8. The first kappa shape index (κ1) is 67.9. The van der Waals surface area contributed by atoms with Crippen LogP contribution in [0, 0.1) is 0 Å². The van der Waals surface area contributed by atoms with E-state index in [1.54, 1.807) is 0 Å². The van der Waals surface area contributed by atoms with Crippen LogP contribution in [0.25, 0.3) is 0 Å². The average Bonchev–Trinajstić information content (AvgIpc) is 3.37. The molecule has 1 heterocycles. The number of hydrogen-bond donors (Lipinski definition) is 8. The number of unbranched alkanes of at least 4 members (excludes halogenated alkanes) is 39. The van der Waals surface area contributed by atoms with Gasteiger partial charge in [-0.1, -0.05) is 270 Å². The van der Waals surface area contributed by atoms with Crippen LogP contribution in [0.2, 0.25) is 0 Å². The van der Waals surface area contributed by atoms with Crippen molar-refractivity contribution in [1.29, 1.82) is 0 Å². The second kappa shape index (κ2) is 49.7. The topological polar surface area (TPSA) is 189 Å². The predicted octanol–water partition coefficient (Wildman–Crippen LogP) is 13.1. The first-order valence-electron chi connectivity index (χ1n) is 30.6. The van der Waals surface area contributed by atoms with Crippen molar-refractivity contribution in [2.75, 3.05) is 13.2 Å². The van der Waals surface area contributed by atoms with E-state index in [1.807, 2.05) is 0 Å². The fraction of sp³-hybridized carbons (Fsp3) is 0.950. The number of amides is 1. The minimum absolute atomic E-state index is 0.263. The van der Waals surface area contributed by atoms with Crippen LogP contribution in [0.1, 0.15) is 296 Å². The lowest BCUT2D eigenvalue weighted by Crippen LogP contribution is -2.60. The molecule has 0 aliphatic carbocycles. The number of aliphatic hydroxyl groups excluding tert-OH is 7. The summed E-state index contributed by atoms with van der Waals surface area (Å²) in [4.78, 5) is 13.1. The van der Waals surface area contributed by atoms with Crippen LogP contribution < -0.4 is 5.32 Å². The molecule has 0 aromatic rings. The number of aliphatic hydroxyl groups is 7. The molecule has 0 aromatic carbocycles. The number of hydrogen-bond acceptors (Lipinski definition) is 10. The van der Waals surface area contributed by atoms with Crippen LogP contribution in [0.5, 0.6) is 0 Å². The first-order valence-corrected chi connectivity index (χ1v) is 30.6. The molecule has 1 aliphatic rings. The maximum Gasteiger partial charge on any atom is 0.249 e. The molecule has 1 fully saturated rings. The highest BCUT2D eigenvalue weighted by atomic mass is 16.7. The van der Waals surface area contributed by atoms with E-state index in [4.69, 9.17) is 9.47 Å². The Morgan fingerprint density at radius 3 is 1.18 bits per heavy atom. The lowest BCUT2D eigenvalue weighted by molar-refractivity contribution is -0.303. The van der Waals surface area contributed by atoms with Gasteiger partial charge in [0.2, 0.25) is 5.91 Å². The second-order valence-corrected chi connectivity index (χ2v) is 21.8. The van der Waals surface area contributed by atoms with E-state index < -0.39 is 74.2 Å². The van der Waals surface area contributed by atoms with Crippen molar-refractivity contribution in [2.24, 2.45) is 0 Å². The van der Waals surface area contributed by atoms with Gasteiger partial charge in [-0.15, -0.1) is 0 Å². The van der Waals surface area contributed by atoms with E-state index in [0.29, 0.717) is 19.3 Å². The van der Waals surface area contributed by atoms with E-state index >= 15 is 0 Å². The highest BCUT2D eigenvalue weighted by Gasteiger charge is 2.44. The summed E-state index contributed by atoms with van der Waals surface area (Å²) in [5.74, 6) is -0.697. The minimum atomic E-state index is -1.66. The fourth-order valence-electron chi connectivity index (χ4n) is 10.1. The molecule has 8 N–H and O–H groups in total. The third-order valence-electron chi connectivity index (χ3n) is 15.1. The zero-order chi connectivity index (χ0) is 51.8. The van der Waals surface area contributed by atoms with Crippen LogP contribution >= 0.6 is 0 Å². The third-order valence-corrected chi connectivity index (χ3v) is 15.1. The Hall–Kier alpha value is -1.15. The maximum absolute atomic E-state index is 13.1. The summed E-state index contributed by atoms with van der Waals surface area (Å²) in [6.45, 7) is 3.39. The largest absolute Gasteiger partial charge is 0.394 e. The molecule has 1 aliphatic heterocycles. The van der Waals surface area contributed by atoms with Gasteiger partial charge < -0.3 is 50.5 Å². The Bertz CT molecular complexity index is 1160. The van der Waals surface area contributed by atoms with Crippen molar-refractivity contribution in [3.05, 3.63) is 12.2 Å².